The third-order valence-corrected chi connectivity index (χ3v) is 1.37. The fraction of sp³-hybridized carbons (Fsp3) is 0. The fourth-order valence-electron chi connectivity index (χ4n) is 0.628. The summed E-state index contributed by atoms with van der Waals surface area (Å²) in [5.74, 6) is 0.493. The molecule has 0 aliphatic heterocycles. The molecule has 2 nitrogen and oxygen atoms in total. The molecule has 0 saturated heterocycles. The number of hydrogen-bond acceptors (Lipinski definition) is 3. The van der Waals surface area contributed by atoms with Crippen molar-refractivity contribution in [2.24, 2.45) is 0 Å². The molecule has 0 spiro atoms. The van der Waals surface area contributed by atoms with E-state index in [1.807, 2.05) is 6.07 Å². The van der Waals surface area contributed by atoms with E-state index in [1.54, 1.807) is 12.3 Å². The van der Waals surface area contributed by atoms with Gasteiger partial charge in [-0.15, -0.1) is 12.6 Å². The van der Waals surface area contributed by atoms with Gasteiger partial charge in [0.1, 0.15) is 5.82 Å². The molecule has 2 N–H and O–H groups in total. The minimum Gasteiger partial charge on any atom is -0.384 e. The van der Waals surface area contributed by atoms with E-state index in [1.165, 1.54) is 0 Å². The molecule has 1 rings (SSSR count). The summed E-state index contributed by atoms with van der Waals surface area (Å²) in [6, 6.07) is 3.54. The lowest BCUT2D eigenvalue weighted by molar-refractivity contribution is 1.33. The predicted molar refractivity (Wildman–Crippen MR) is 46.7 cm³/mol. The summed E-state index contributed by atoms with van der Waals surface area (Å²) in [6.07, 6.45) is 1.63. The number of rotatable bonds is 1. The van der Waals surface area contributed by atoms with Gasteiger partial charge in [0.15, 0.2) is 0 Å². The summed E-state index contributed by atoms with van der Waals surface area (Å²) in [7, 11) is 0. The third-order valence-electron chi connectivity index (χ3n) is 1.11. The summed E-state index contributed by atoms with van der Waals surface area (Å²) < 4.78 is 0. The summed E-state index contributed by atoms with van der Waals surface area (Å²) >= 11 is 4.06. The Morgan fingerprint density at radius 1 is 1.70 bits per heavy atom. The second kappa shape index (κ2) is 2.75. The molecule has 0 atom stereocenters. The van der Waals surface area contributed by atoms with Gasteiger partial charge < -0.3 is 5.73 Å². The summed E-state index contributed by atoms with van der Waals surface area (Å²) in [5.41, 5.74) is 6.32. The highest BCUT2D eigenvalue weighted by Gasteiger charge is 1.92. The second-order valence-corrected chi connectivity index (χ2v) is 2.46. The summed E-state index contributed by atoms with van der Waals surface area (Å²) in [5, 5.41) is 0. The van der Waals surface area contributed by atoms with Crippen molar-refractivity contribution >= 4 is 23.4 Å². The molecule has 1 heterocycles. The molecule has 1 aromatic heterocycles. The van der Waals surface area contributed by atoms with E-state index in [-0.39, 0.29) is 0 Å². The lowest BCUT2D eigenvalue weighted by Gasteiger charge is -1.97. The van der Waals surface area contributed by atoms with Crippen molar-refractivity contribution in [1.29, 1.82) is 0 Å². The molecular weight excluding hydrogens is 144 g/mol. The van der Waals surface area contributed by atoms with Gasteiger partial charge in [0.05, 0.1) is 0 Å². The summed E-state index contributed by atoms with van der Waals surface area (Å²) in [6.45, 7) is 3.65. The first-order valence-electron chi connectivity index (χ1n) is 2.80. The number of nitrogen functional groups attached to an aromatic ring is 1. The third kappa shape index (κ3) is 1.51. The van der Waals surface area contributed by atoms with Crippen molar-refractivity contribution < 1.29 is 0 Å². The number of nitrogens with two attached hydrogens (primary N) is 1. The SMILES string of the molecule is C=C(S)c1ccnc(N)c1. The van der Waals surface area contributed by atoms with Gasteiger partial charge in [-0.25, -0.2) is 4.98 Å². The highest BCUT2D eigenvalue weighted by atomic mass is 32.1. The molecule has 0 amide bonds. The lowest BCUT2D eigenvalue weighted by atomic mass is 10.2. The Morgan fingerprint density at radius 2 is 2.40 bits per heavy atom. The first kappa shape index (κ1) is 7.15. The lowest BCUT2D eigenvalue weighted by Crippen LogP contribution is -1.89. The number of anilines is 1. The van der Waals surface area contributed by atoms with Crippen LogP contribution in [0.5, 0.6) is 0 Å². The van der Waals surface area contributed by atoms with Gasteiger partial charge in [-0.3, -0.25) is 0 Å². The minimum absolute atomic E-state index is 0.493. The van der Waals surface area contributed by atoms with E-state index in [0.717, 1.165) is 5.56 Å². The smallest absolute Gasteiger partial charge is 0.123 e. The van der Waals surface area contributed by atoms with Crippen molar-refractivity contribution in [3.05, 3.63) is 30.5 Å². The number of pyridine rings is 1. The van der Waals surface area contributed by atoms with Crippen LogP contribution in [0.4, 0.5) is 5.82 Å². The van der Waals surface area contributed by atoms with Gasteiger partial charge in [0, 0.05) is 11.1 Å². The van der Waals surface area contributed by atoms with Gasteiger partial charge >= 0.3 is 0 Å². The van der Waals surface area contributed by atoms with E-state index in [4.69, 9.17) is 5.73 Å². The van der Waals surface area contributed by atoms with Gasteiger partial charge in [0.25, 0.3) is 0 Å². The van der Waals surface area contributed by atoms with Crippen molar-refractivity contribution in [2.75, 3.05) is 5.73 Å². The van der Waals surface area contributed by atoms with E-state index in [0.29, 0.717) is 10.7 Å². The fourth-order valence-corrected chi connectivity index (χ4v) is 0.767. The molecule has 0 radical (unpaired) electrons. The van der Waals surface area contributed by atoms with E-state index < -0.39 is 0 Å². The van der Waals surface area contributed by atoms with Crippen LogP contribution in [-0.4, -0.2) is 4.98 Å². The largest absolute Gasteiger partial charge is 0.384 e. The average Bonchev–Trinajstić information content (AvgIpc) is 1.88. The van der Waals surface area contributed by atoms with Crippen LogP contribution < -0.4 is 5.73 Å². The zero-order chi connectivity index (χ0) is 7.56. The van der Waals surface area contributed by atoms with Crippen LogP contribution in [0.2, 0.25) is 0 Å². The Balaban J connectivity index is 3.07. The molecule has 0 aliphatic rings. The zero-order valence-corrected chi connectivity index (χ0v) is 6.31. The van der Waals surface area contributed by atoms with Crippen molar-refractivity contribution in [3.8, 4) is 0 Å². The topological polar surface area (TPSA) is 38.9 Å². The quantitative estimate of drug-likeness (QED) is 0.599. The van der Waals surface area contributed by atoms with Crippen molar-refractivity contribution in [1.82, 2.24) is 4.98 Å². The van der Waals surface area contributed by atoms with Crippen LogP contribution in [0.15, 0.2) is 24.9 Å². The molecule has 0 unspecified atom stereocenters. The van der Waals surface area contributed by atoms with E-state index in [2.05, 4.69) is 24.2 Å². The van der Waals surface area contributed by atoms with Crippen LogP contribution in [-0.2, 0) is 0 Å². The molecule has 1 aromatic rings. The zero-order valence-electron chi connectivity index (χ0n) is 5.41. The van der Waals surface area contributed by atoms with Gasteiger partial charge in [-0.1, -0.05) is 6.58 Å². The van der Waals surface area contributed by atoms with E-state index >= 15 is 0 Å². The Hall–Kier alpha value is -0.960. The monoisotopic (exact) mass is 152 g/mol. The standard InChI is InChI=1S/C7H8N2S/c1-5(10)6-2-3-9-7(8)4-6/h2-4,10H,1H2,(H2,8,9). The first-order chi connectivity index (χ1) is 4.70. The van der Waals surface area contributed by atoms with Crippen LogP contribution in [0.3, 0.4) is 0 Å². The Morgan fingerprint density at radius 3 is 2.80 bits per heavy atom. The number of aromatic nitrogens is 1. The molecule has 10 heavy (non-hydrogen) atoms. The van der Waals surface area contributed by atoms with Crippen molar-refractivity contribution in [3.63, 3.8) is 0 Å². The van der Waals surface area contributed by atoms with Gasteiger partial charge in [-0.05, 0) is 17.7 Å². The Labute approximate surface area is 65.2 Å². The molecule has 52 valence electrons. The second-order valence-electron chi connectivity index (χ2n) is 1.92. The highest BCUT2D eigenvalue weighted by molar-refractivity contribution is 7.90. The molecule has 0 saturated carbocycles. The number of thiol groups is 1. The van der Waals surface area contributed by atoms with Crippen LogP contribution in [0.1, 0.15) is 5.56 Å². The van der Waals surface area contributed by atoms with Crippen molar-refractivity contribution in [2.45, 2.75) is 0 Å². The van der Waals surface area contributed by atoms with Crippen LogP contribution in [0.25, 0.3) is 4.91 Å². The van der Waals surface area contributed by atoms with Crippen LogP contribution in [0, 0.1) is 0 Å². The Kier molecular flexibility index (Phi) is 1.97. The molecule has 0 fully saturated rings. The normalized spacial score (nSPS) is 9.30. The minimum atomic E-state index is 0.493. The Bertz CT molecular complexity index is 258. The molecule has 0 bridgehead atoms. The first-order valence-corrected chi connectivity index (χ1v) is 3.24. The molecule has 3 heteroatoms. The molecular formula is C7H8N2S. The molecule has 0 aromatic carbocycles. The number of hydrogen-bond donors (Lipinski definition) is 2. The van der Waals surface area contributed by atoms with Gasteiger partial charge in [0.2, 0.25) is 0 Å². The van der Waals surface area contributed by atoms with Gasteiger partial charge in [-0.2, -0.15) is 0 Å². The maximum atomic E-state index is 5.41. The summed E-state index contributed by atoms with van der Waals surface area (Å²) in [4.78, 5) is 4.53. The average molecular weight is 152 g/mol. The van der Waals surface area contributed by atoms with Crippen LogP contribution >= 0.6 is 12.6 Å². The maximum absolute atomic E-state index is 5.41. The predicted octanol–water partition coefficient (Wildman–Crippen LogP) is 1.56. The maximum Gasteiger partial charge on any atom is 0.123 e. The van der Waals surface area contributed by atoms with E-state index in [9.17, 15) is 0 Å². The molecule has 0 aliphatic carbocycles. The number of nitrogens with zero attached hydrogens (tertiary/aromatic N) is 1. The highest BCUT2D eigenvalue weighted by Crippen LogP contribution is 2.15.